The SMILES string of the molecule is CN(C(=O)c1cnccc1S(=O)(=O)CC1CC1)C1CCCCC1. The third-order valence-corrected chi connectivity index (χ3v) is 6.88. The number of hydrogen-bond acceptors (Lipinski definition) is 4. The number of carbonyl (C=O) groups is 1. The molecule has 0 radical (unpaired) electrons. The number of amides is 1. The quantitative estimate of drug-likeness (QED) is 0.829. The third-order valence-electron chi connectivity index (χ3n) is 4.94. The molecule has 0 aromatic carbocycles. The summed E-state index contributed by atoms with van der Waals surface area (Å²) in [6.07, 6.45) is 10.2. The largest absolute Gasteiger partial charge is 0.339 e. The van der Waals surface area contributed by atoms with Gasteiger partial charge in [-0.15, -0.1) is 0 Å². The summed E-state index contributed by atoms with van der Waals surface area (Å²) in [5.74, 6) is 0.177. The van der Waals surface area contributed by atoms with Gasteiger partial charge in [-0.1, -0.05) is 19.3 Å². The molecule has 5 nitrogen and oxygen atoms in total. The summed E-state index contributed by atoms with van der Waals surface area (Å²) < 4.78 is 25.2. The summed E-state index contributed by atoms with van der Waals surface area (Å²) in [6.45, 7) is 0. The topological polar surface area (TPSA) is 67.3 Å². The number of aromatic nitrogens is 1. The van der Waals surface area contributed by atoms with Crippen LogP contribution in [0.2, 0.25) is 0 Å². The number of pyridine rings is 1. The van der Waals surface area contributed by atoms with Crippen LogP contribution in [0.5, 0.6) is 0 Å². The van der Waals surface area contributed by atoms with Gasteiger partial charge in [0.2, 0.25) is 0 Å². The van der Waals surface area contributed by atoms with Crippen molar-refractivity contribution in [3.63, 3.8) is 0 Å². The first-order chi connectivity index (χ1) is 11.0. The lowest BCUT2D eigenvalue weighted by molar-refractivity contribution is 0.0692. The molecule has 0 unspecified atom stereocenters. The van der Waals surface area contributed by atoms with Crippen LogP contribution >= 0.6 is 0 Å². The van der Waals surface area contributed by atoms with Crippen molar-refractivity contribution in [1.82, 2.24) is 9.88 Å². The zero-order valence-electron chi connectivity index (χ0n) is 13.6. The van der Waals surface area contributed by atoms with E-state index in [1.54, 1.807) is 11.9 Å². The average Bonchev–Trinajstić information content (AvgIpc) is 3.37. The highest BCUT2D eigenvalue weighted by atomic mass is 32.2. The Bertz CT molecular complexity index is 677. The van der Waals surface area contributed by atoms with Gasteiger partial charge in [0.15, 0.2) is 9.84 Å². The van der Waals surface area contributed by atoms with Crippen molar-refractivity contribution in [1.29, 1.82) is 0 Å². The van der Waals surface area contributed by atoms with E-state index < -0.39 is 9.84 Å². The fourth-order valence-corrected chi connectivity index (χ4v) is 5.20. The Morgan fingerprint density at radius 2 is 1.91 bits per heavy atom. The summed E-state index contributed by atoms with van der Waals surface area (Å²) in [5, 5.41) is 0. The first-order valence-electron chi connectivity index (χ1n) is 8.43. The number of hydrogen-bond donors (Lipinski definition) is 0. The Balaban J connectivity index is 1.85. The van der Waals surface area contributed by atoms with Crippen LogP contribution in [0, 0.1) is 5.92 Å². The maximum absolute atomic E-state index is 12.8. The molecule has 23 heavy (non-hydrogen) atoms. The number of rotatable bonds is 5. The van der Waals surface area contributed by atoms with Crippen molar-refractivity contribution < 1.29 is 13.2 Å². The highest BCUT2D eigenvalue weighted by molar-refractivity contribution is 7.91. The minimum absolute atomic E-state index is 0.143. The molecule has 3 rings (SSSR count). The fraction of sp³-hybridized carbons (Fsp3) is 0.647. The molecule has 0 saturated heterocycles. The van der Waals surface area contributed by atoms with Crippen LogP contribution in [-0.2, 0) is 9.84 Å². The monoisotopic (exact) mass is 336 g/mol. The van der Waals surface area contributed by atoms with Crippen LogP contribution in [0.4, 0.5) is 0 Å². The predicted octanol–water partition coefficient (Wildman–Crippen LogP) is 2.67. The molecule has 126 valence electrons. The molecule has 1 aromatic heterocycles. The molecular weight excluding hydrogens is 312 g/mol. The highest BCUT2D eigenvalue weighted by Crippen LogP contribution is 2.33. The normalized spacial score (nSPS) is 19.5. The van der Waals surface area contributed by atoms with E-state index in [1.165, 1.54) is 24.9 Å². The van der Waals surface area contributed by atoms with E-state index in [9.17, 15) is 13.2 Å². The second kappa shape index (κ2) is 6.59. The van der Waals surface area contributed by atoms with E-state index in [0.717, 1.165) is 38.5 Å². The first kappa shape index (κ1) is 16.4. The predicted molar refractivity (Wildman–Crippen MR) is 88.0 cm³/mol. The second-order valence-corrected chi connectivity index (χ2v) is 8.81. The zero-order chi connectivity index (χ0) is 16.4. The molecule has 0 atom stereocenters. The van der Waals surface area contributed by atoms with E-state index in [4.69, 9.17) is 0 Å². The molecule has 2 saturated carbocycles. The smallest absolute Gasteiger partial charge is 0.256 e. The molecule has 1 heterocycles. The Labute approximate surface area is 138 Å². The highest BCUT2D eigenvalue weighted by Gasteiger charge is 2.33. The molecule has 2 aliphatic carbocycles. The number of sulfone groups is 1. The molecule has 0 N–H and O–H groups in total. The van der Waals surface area contributed by atoms with E-state index in [0.29, 0.717) is 0 Å². The van der Waals surface area contributed by atoms with Gasteiger partial charge in [0.25, 0.3) is 5.91 Å². The molecule has 2 aliphatic rings. The number of carbonyl (C=O) groups excluding carboxylic acids is 1. The van der Waals surface area contributed by atoms with Crippen molar-refractivity contribution in [2.24, 2.45) is 5.92 Å². The zero-order valence-corrected chi connectivity index (χ0v) is 14.4. The lowest BCUT2D eigenvalue weighted by Gasteiger charge is -2.31. The second-order valence-electron chi connectivity index (χ2n) is 6.80. The van der Waals surface area contributed by atoms with Crippen LogP contribution in [0.1, 0.15) is 55.3 Å². The third kappa shape index (κ3) is 3.74. The molecule has 2 fully saturated rings. The summed E-state index contributed by atoms with van der Waals surface area (Å²) >= 11 is 0. The van der Waals surface area contributed by atoms with Gasteiger partial charge in [0, 0.05) is 25.5 Å². The summed E-state index contributed by atoms with van der Waals surface area (Å²) in [6, 6.07) is 1.68. The van der Waals surface area contributed by atoms with Gasteiger partial charge in [-0.05, 0) is 37.7 Å². The lowest BCUT2D eigenvalue weighted by Crippen LogP contribution is -2.39. The maximum Gasteiger partial charge on any atom is 0.256 e. The molecule has 1 amide bonds. The average molecular weight is 336 g/mol. The molecular formula is C17H24N2O3S. The fourth-order valence-electron chi connectivity index (χ4n) is 3.32. The van der Waals surface area contributed by atoms with Gasteiger partial charge < -0.3 is 4.90 Å². The van der Waals surface area contributed by atoms with Gasteiger partial charge in [0.1, 0.15) is 0 Å². The minimum Gasteiger partial charge on any atom is -0.339 e. The lowest BCUT2D eigenvalue weighted by atomic mass is 9.94. The van der Waals surface area contributed by atoms with E-state index >= 15 is 0 Å². The van der Waals surface area contributed by atoms with Crippen LogP contribution in [0.25, 0.3) is 0 Å². The number of nitrogens with zero attached hydrogens (tertiary/aromatic N) is 2. The summed E-state index contributed by atoms with van der Waals surface area (Å²) in [7, 11) is -1.64. The Morgan fingerprint density at radius 3 is 2.57 bits per heavy atom. The van der Waals surface area contributed by atoms with Crippen molar-refractivity contribution in [3.8, 4) is 0 Å². The van der Waals surface area contributed by atoms with Crippen molar-refractivity contribution >= 4 is 15.7 Å². The summed E-state index contributed by atoms with van der Waals surface area (Å²) in [5.41, 5.74) is 0.223. The van der Waals surface area contributed by atoms with Crippen LogP contribution in [0.15, 0.2) is 23.4 Å². The van der Waals surface area contributed by atoms with Gasteiger partial charge in [-0.3, -0.25) is 9.78 Å². The van der Waals surface area contributed by atoms with E-state index in [-0.39, 0.29) is 34.1 Å². The molecule has 0 aliphatic heterocycles. The van der Waals surface area contributed by atoms with E-state index in [1.807, 2.05) is 0 Å². The van der Waals surface area contributed by atoms with Gasteiger partial charge in [0.05, 0.1) is 16.2 Å². The maximum atomic E-state index is 12.8. The van der Waals surface area contributed by atoms with E-state index in [2.05, 4.69) is 4.98 Å². The van der Waals surface area contributed by atoms with Crippen LogP contribution in [0.3, 0.4) is 0 Å². The van der Waals surface area contributed by atoms with Gasteiger partial charge in [-0.25, -0.2) is 8.42 Å². The molecule has 1 aromatic rings. The van der Waals surface area contributed by atoms with Crippen LogP contribution in [-0.4, -0.2) is 43.1 Å². The molecule has 0 spiro atoms. The van der Waals surface area contributed by atoms with Crippen LogP contribution < -0.4 is 0 Å². The molecule has 0 bridgehead atoms. The standard InChI is InChI=1S/C17H24N2O3S/c1-19(14-5-3-2-4-6-14)17(20)15-11-18-10-9-16(15)23(21,22)12-13-7-8-13/h9-11,13-14H,2-8,12H2,1H3. The Morgan fingerprint density at radius 1 is 1.22 bits per heavy atom. The van der Waals surface area contributed by atoms with Gasteiger partial charge >= 0.3 is 0 Å². The van der Waals surface area contributed by atoms with Crippen molar-refractivity contribution in [2.75, 3.05) is 12.8 Å². The minimum atomic E-state index is -3.42. The van der Waals surface area contributed by atoms with Crippen molar-refractivity contribution in [2.45, 2.75) is 55.9 Å². The Hall–Kier alpha value is -1.43. The first-order valence-corrected chi connectivity index (χ1v) is 10.1. The van der Waals surface area contributed by atoms with Crippen molar-refractivity contribution in [3.05, 3.63) is 24.0 Å². The molecule has 6 heteroatoms. The van der Waals surface area contributed by atoms with Gasteiger partial charge in [-0.2, -0.15) is 0 Å². The Kier molecular flexibility index (Phi) is 4.71. The summed E-state index contributed by atoms with van der Waals surface area (Å²) in [4.78, 5) is 18.7.